The number of benzene rings is 1. The molecule has 0 unspecified atom stereocenters. The van der Waals surface area contributed by atoms with Gasteiger partial charge in [-0.15, -0.1) is 24.8 Å². The number of carbonyl (C=O) groups excluding carboxylic acids is 2. The monoisotopic (exact) mass is 418 g/mol. The van der Waals surface area contributed by atoms with E-state index in [-0.39, 0.29) is 48.7 Å². The summed E-state index contributed by atoms with van der Waals surface area (Å²) in [5, 5.41) is 2.93. The SMILES string of the molecule is Cl.Cl.NC[C@H]1CC[C@@H](C(=O)Nc2cccc(N3CCC(C(N)=O)CC3)c2)O1. The van der Waals surface area contributed by atoms with Crippen molar-refractivity contribution in [2.24, 2.45) is 17.4 Å². The van der Waals surface area contributed by atoms with Gasteiger partial charge in [0, 0.05) is 36.9 Å². The molecule has 0 aliphatic carbocycles. The lowest BCUT2D eigenvalue weighted by atomic mass is 9.96. The molecule has 7 nitrogen and oxygen atoms in total. The molecular weight excluding hydrogens is 391 g/mol. The van der Waals surface area contributed by atoms with Gasteiger partial charge >= 0.3 is 0 Å². The number of hydrogen-bond donors (Lipinski definition) is 3. The van der Waals surface area contributed by atoms with Gasteiger partial charge in [0.1, 0.15) is 6.10 Å². The Morgan fingerprint density at radius 3 is 2.44 bits per heavy atom. The van der Waals surface area contributed by atoms with E-state index >= 15 is 0 Å². The van der Waals surface area contributed by atoms with Gasteiger partial charge in [-0.25, -0.2) is 0 Å². The number of halogens is 2. The van der Waals surface area contributed by atoms with Gasteiger partial charge in [0.25, 0.3) is 5.91 Å². The van der Waals surface area contributed by atoms with E-state index in [2.05, 4.69) is 10.2 Å². The van der Waals surface area contributed by atoms with E-state index in [4.69, 9.17) is 16.2 Å². The third-order valence-corrected chi connectivity index (χ3v) is 5.04. The predicted molar refractivity (Wildman–Crippen MR) is 111 cm³/mol. The number of piperidine rings is 1. The molecule has 0 aromatic heterocycles. The van der Waals surface area contributed by atoms with Crippen LogP contribution in [-0.4, -0.2) is 43.7 Å². The molecule has 2 aliphatic rings. The molecule has 0 saturated carbocycles. The number of ether oxygens (including phenoxy) is 1. The highest BCUT2D eigenvalue weighted by Gasteiger charge is 2.30. The molecule has 3 rings (SSSR count). The Labute approximate surface area is 172 Å². The van der Waals surface area contributed by atoms with Crippen LogP contribution in [0.15, 0.2) is 24.3 Å². The zero-order valence-corrected chi connectivity index (χ0v) is 16.8. The summed E-state index contributed by atoms with van der Waals surface area (Å²) in [5.41, 5.74) is 12.8. The Morgan fingerprint density at radius 2 is 1.85 bits per heavy atom. The number of nitrogens with one attached hydrogen (secondary N) is 1. The Morgan fingerprint density at radius 1 is 1.15 bits per heavy atom. The molecule has 152 valence electrons. The van der Waals surface area contributed by atoms with Gasteiger partial charge in [-0.2, -0.15) is 0 Å². The van der Waals surface area contributed by atoms with Gasteiger partial charge in [0.2, 0.25) is 5.91 Å². The second-order valence-corrected chi connectivity index (χ2v) is 6.76. The standard InChI is InChI=1S/C18H26N4O3.2ClH/c19-11-15-4-5-16(25-15)18(24)21-13-2-1-3-14(10-13)22-8-6-12(7-9-22)17(20)23;;/h1-3,10,12,15-16H,4-9,11,19H2,(H2,20,23)(H,21,24);2*1H/t15-,16+;;/m1../s1. The van der Waals surface area contributed by atoms with Crippen LogP contribution >= 0.6 is 24.8 Å². The number of primary amides is 1. The van der Waals surface area contributed by atoms with E-state index in [1.807, 2.05) is 24.3 Å². The topological polar surface area (TPSA) is 111 Å². The van der Waals surface area contributed by atoms with E-state index in [0.717, 1.165) is 43.7 Å². The third kappa shape index (κ3) is 5.97. The maximum Gasteiger partial charge on any atom is 0.253 e. The first-order valence-corrected chi connectivity index (χ1v) is 8.87. The smallest absolute Gasteiger partial charge is 0.253 e. The molecule has 27 heavy (non-hydrogen) atoms. The largest absolute Gasteiger partial charge is 0.371 e. The summed E-state index contributed by atoms with van der Waals surface area (Å²) in [4.78, 5) is 25.8. The third-order valence-electron chi connectivity index (χ3n) is 5.04. The van der Waals surface area contributed by atoms with Crippen molar-refractivity contribution in [2.45, 2.75) is 37.9 Å². The lowest BCUT2D eigenvalue weighted by Gasteiger charge is -2.32. The van der Waals surface area contributed by atoms with E-state index in [9.17, 15) is 9.59 Å². The number of amides is 2. The molecule has 2 fully saturated rings. The van der Waals surface area contributed by atoms with Crippen molar-refractivity contribution in [2.75, 3.05) is 29.9 Å². The summed E-state index contributed by atoms with van der Waals surface area (Å²) in [6.45, 7) is 2.02. The van der Waals surface area contributed by atoms with Gasteiger partial charge in [0.05, 0.1) is 6.10 Å². The lowest BCUT2D eigenvalue weighted by Crippen LogP contribution is -2.38. The van der Waals surface area contributed by atoms with Crippen LogP contribution in [0.3, 0.4) is 0 Å². The van der Waals surface area contributed by atoms with Crippen molar-refractivity contribution < 1.29 is 14.3 Å². The average molecular weight is 419 g/mol. The van der Waals surface area contributed by atoms with Gasteiger partial charge in [-0.3, -0.25) is 9.59 Å². The zero-order chi connectivity index (χ0) is 17.8. The normalized spacial score (nSPS) is 22.5. The maximum atomic E-state index is 12.3. The Kier molecular flexibility index (Phi) is 9.32. The lowest BCUT2D eigenvalue weighted by molar-refractivity contribution is -0.126. The maximum absolute atomic E-state index is 12.3. The average Bonchev–Trinajstić information content (AvgIpc) is 3.11. The minimum Gasteiger partial charge on any atom is -0.371 e. The van der Waals surface area contributed by atoms with E-state index in [1.165, 1.54) is 0 Å². The Bertz CT molecular complexity index is 639. The fourth-order valence-corrected chi connectivity index (χ4v) is 3.50. The van der Waals surface area contributed by atoms with Crippen LogP contribution in [0.5, 0.6) is 0 Å². The van der Waals surface area contributed by atoms with Crippen molar-refractivity contribution in [3.05, 3.63) is 24.3 Å². The van der Waals surface area contributed by atoms with E-state index in [0.29, 0.717) is 13.0 Å². The van der Waals surface area contributed by atoms with Crippen LogP contribution in [0.1, 0.15) is 25.7 Å². The molecule has 5 N–H and O–H groups in total. The molecule has 9 heteroatoms. The van der Waals surface area contributed by atoms with Gasteiger partial charge < -0.3 is 26.4 Å². The molecular formula is C18H28Cl2N4O3. The number of hydrogen-bond acceptors (Lipinski definition) is 5. The van der Waals surface area contributed by atoms with Gasteiger partial charge in [-0.05, 0) is 43.9 Å². The highest BCUT2D eigenvalue weighted by molar-refractivity contribution is 5.94. The van der Waals surface area contributed by atoms with Gasteiger partial charge in [-0.1, -0.05) is 6.07 Å². The fraction of sp³-hybridized carbons (Fsp3) is 0.556. The molecule has 0 radical (unpaired) electrons. The molecule has 1 aromatic rings. The molecule has 0 bridgehead atoms. The second kappa shape index (κ2) is 10.7. The number of anilines is 2. The molecule has 2 saturated heterocycles. The summed E-state index contributed by atoms with van der Waals surface area (Å²) in [6.07, 6.45) is 2.61. The number of carbonyl (C=O) groups is 2. The summed E-state index contributed by atoms with van der Waals surface area (Å²) >= 11 is 0. The second-order valence-electron chi connectivity index (χ2n) is 6.76. The predicted octanol–water partition coefficient (Wildman–Crippen LogP) is 1.68. The van der Waals surface area contributed by atoms with Crippen LogP contribution in [0, 0.1) is 5.92 Å². The van der Waals surface area contributed by atoms with Crippen LogP contribution in [0.4, 0.5) is 11.4 Å². The van der Waals surface area contributed by atoms with Crippen LogP contribution in [0.2, 0.25) is 0 Å². The number of nitrogens with two attached hydrogens (primary N) is 2. The quantitative estimate of drug-likeness (QED) is 0.673. The molecule has 2 heterocycles. The van der Waals surface area contributed by atoms with Crippen molar-refractivity contribution >= 4 is 48.0 Å². The first kappa shape index (κ1) is 23.5. The number of rotatable bonds is 5. The Balaban J connectivity index is 0.00000182. The highest BCUT2D eigenvalue weighted by atomic mass is 35.5. The van der Waals surface area contributed by atoms with Crippen LogP contribution in [0.25, 0.3) is 0 Å². The molecule has 2 atom stereocenters. The summed E-state index contributed by atoms with van der Waals surface area (Å²) < 4.78 is 5.63. The van der Waals surface area contributed by atoms with Crippen LogP contribution < -0.4 is 21.7 Å². The summed E-state index contributed by atoms with van der Waals surface area (Å²) in [6, 6.07) is 7.75. The van der Waals surface area contributed by atoms with E-state index in [1.54, 1.807) is 0 Å². The minimum absolute atomic E-state index is 0. The first-order chi connectivity index (χ1) is 12.1. The molecule has 0 spiro atoms. The molecule has 2 amide bonds. The van der Waals surface area contributed by atoms with Crippen molar-refractivity contribution in [1.29, 1.82) is 0 Å². The fourth-order valence-electron chi connectivity index (χ4n) is 3.50. The van der Waals surface area contributed by atoms with Gasteiger partial charge in [0.15, 0.2) is 0 Å². The number of nitrogens with zero attached hydrogens (tertiary/aromatic N) is 1. The Hall–Kier alpha value is -1.54. The van der Waals surface area contributed by atoms with Crippen molar-refractivity contribution in [1.82, 2.24) is 0 Å². The highest BCUT2D eigenvalue weighted by Crippen LogP contribution is 2.26. The first-order valence-electron chi connectivity index (χ1n) is 8.87. The minimum atomic E-state index is -0.427. The van der Waals surface area contributed by atoms with E-state index < -0.39 is 6.10 Å². The molecule has 2 aliphatic heterocycles. The summed E-state index contributed by atoms with van der Waals surface area (Å²) in [5.74, 6) is -0.373. The van der Waals surface area contributed by atoms with Crippen molar-refractivity contribution in [3.63, 3.8) is 0 Å². The zero-order valence-electron chi connectivity index (χ0n) is 15.1. The molecule has 1 aromatic carbocycles. The summed E-state index contributed by atoms with van der Waals surface area (Å²) in [7, 11) is 0. The van der Waals surface area contributed by atoms with Crippen LogP contribution in [-0.2, 0) is 14.3 Å². The van der Waals surface area contributed by atoms with Crippen molar-refractivity contribution in [3.8, 4) is 0 Å².